The Kier molecular flexibility index (Phi) is 11.5. The molecule has 0 fully saturated rings. The molecule has 0 radical (unpaired) electrons. The van der Waals surface area contributed by atoms with E-state index in [-0.39, 0.29) is 51.9 Å². The topological polar surface area (TPSA) is 0 Å². The van der Waals surface area contributed by atoms with Crippen LogP contribution in [0.25, 0.3) is 11.1 Å². The van der Waals surface area contributed by atoms with Gasteiger partial charge in [-0.2, -0.15) is 0 Å². The summed E-state index contributed by atoms with van der Waals surface area (Å²) in [6.45, 7) is 41.0. The third-order valence-electron chi connectivity index (χ3n) is 9.39. The van der Waals surface area contributed by atoms with Gasteiger partial charge >= 0.3 is 273 Å². The number of hydrogen-bond acceptors (Lipinski definition) is 0. The van der Waals surface area contributed by atoms with Crippen LogP contribution in [-0.4, -0.2) is 0 Å². The molecule has 0 aliphatic heterocycles. The van der Waals surface area contributed by atoms with Crippen LogP contribution in [0.3, 0.4) is 0 Å². The van der Waals surface area contributed by atoms with Crippen molar-refractivity contribution < 1.29 is 48.0 Å². The van der Waals surface area contributed by atoms with Crippen LogP contribution in [0.15, 0.2) is 39.2 Å². The van der Waals surface area contributed by atoms with Crippen molar-refractivity contribution in [3.8, 4) is 11.1 Å². The van der Waals surface area contributed by atoms with Crippen molar-refractivity contribution in [2.75, 3.05) is 0 Å². The second kappa shape index (κ2) is 12.8. The summed E-state index contributed by atoms with van der Waals surface area (Å²) in [5, 5.41) is 0. The monoisotopic (exact) mass is 712 g/mol. The summed E-state index contributed by atoms with van der Waals surface area (Å²) in [4.78, 5) is 0. The van der Waals surface area contributed by atoms with Crippen molar-refractivity contribution in [1.82, 2.24) is 0 Å². The molecule has 2 aliphatic rings. The molecule has 1 unspecified atom stereocenters. The van der Waals surface area contributed by atoms with Crippen molar-refractivity contribution in [2.45, 2.75) is 146 Å². The second-order valence-corrected chi connectivity index (χ2v) is 22.1. The van der Waals surface area contributed by atoms with Gasteiger partial charge in [0.15, 0.2) is 0 Å². The van der Waals surface area contributed by atoms with Gasteiger partial charge < -0.3 is 24.8 Å². The maximum atomic E-state index is 2.65. The maximum Gasteiger partial charge on any atom is -1.00 e. The van der Waals surface area contributed by atoms with E-state index in [9.17, 15) is 0 Å². The molecule has 2 aliphatic carbocycles. The first-order valence-electron chi connectivity index (χ1n) is 16.4. The average Bonchev–Trinajstić information content (AvgIpc) is 3.37. The molecule has 242 valence electrons. The van der Waals surface area contributed by atoms with Crippen LogP contribution in [0, 0.1) is 17.3 Å². The number of allylic oxidation sites excluding steroid dienone is 4. The number of rotatable bonds is 3. The van der Waals surface area contributed by atoms with Crippen LogP contribution in [0.1, 0.15) is 151 Å². The SMILES string of the molecule is CC(C)C1C=C(C(C)(C)C)C=[C]1[Zr+2][c]1c2c(cc(C(C)(C)C)c1C(C)(C)C)-c1cc(C(C)(C)C)c(C(C)(C)C)cc1C2.[Cl-].[Cl-]. The Morgan fingerprint density at radius 1 is 0.614 bits per heavy atom. The Balaban J connectivity index is 0.00000337. The van der Waals surface area contributed by atoms with Crippen LogP contribution >= 0.6 is 0 Å². The first-order valence-corrected chi connectivity index (χ1v) is 18.9. The van der Waals surface area contributed by atoms with E-state index < -0.39 is 23.2 Å². The second-order valence-electron chi connectivity index (χ2n) is 18.8. The zero-order chi connectivity index (χ0) is 32.0. The van der Waals surface area contributed by atoms with E-state index >= 15 is 0 Å². The Hall–Kier alpha value is -0.617. The number of halogens is 2. The molecule has 3 heteroatoms. The Labute approximate surface area is 296 Å². The molecular weight excluding hydrogens is 655 g/mol. The number of benzene rings is 2. The van der Waals surface area contributed by atoms with Crippen molar-refractivity contribution in [1.29, 1.82) is 0 Å². The van der Waals surface area contributed by atoms with E-state index in [1.807, 2.05) is 0 Å². The van der Waals surface area contributed by atoms with Gasteiger partial charge in [0, 0.05) is 0 Å². The third kappa shape index (κ3) is 7.74. The third-order valence-corrected chi connectivity index (χ3v) is 13.2. The fraction of sp³-hybridized carbons (Fsp3) is 0.610. The van der Waals surface area contributed by atoms with E-state index in [2.05, 4.69) is 148 Å². The fourth-order valence-corrected chi connectivity index (χ4v) is 12.2. The smallest absolute Gasteiger partial charge is 1.00 e. The van der Waals surface area contributed by atoms with Gasteiger partial charge in [0.1, 0.15) is 0 Å². The molecule has 0 amide bonds. The van der Waals surface area contributed by atoms with Crippen molar-refractivity contribution >= 4 is 3.27 Å². The van der Waals surface area contributed by atoms with Crippen LogP contribution in [-0.2, 0) is 51.3 Å². The van der Waals surface area contributed by atoms with Crippen LogP contribution in [0.4, 0.5) is 0 Å². The largest absolute Gasteiger partial charge is 1.00 e. The van der Waals surface area contributed by atoms with Crippen molar-refractivity contribution in [3.63, 3.8) is 0 Å². The van der Waals surface area contributed by atoms with Gasteiger partial charge in [-0.25, -0.2) is 0 Å². The maximum absolute atomic E-state index is 2.65. The van der Waals surface area contributed by atoms with Gasteiger partial charge in [0.05, 0.1) is 0 Å². The zero-order valence-electron chi connectivity index (χ0n) is 31.0. The van der Waals surface area contributed by atoms with Crippen molar-refractivity contribution in [3.05, 3.63) is 72.6 Å². The molecule has 2 aromatic rings. The van der Waals surface area contributed by atoms with Gasteiger partial charge in [-0.3, -0.25) is 0 Å². The zero-order valence-corrected chi connectivity index (χ0v) is 35.0. The van der Waals surface area contributed by atoms with Gasteiger partial charge in [-0.05, 0) is 0 Å². The van der Waals surface area contributed by atoms with E-state index in [0.29, 0.717) is 11.8 Å². The van der Waals surface area contributed by atoms with E-state index in [0.717, 1.165) is 6.42 Å². The molecule has 2 aromatic carbocycles. The summed E-state index contributed by atoms with van der Waals surface area (Å²) < 4.78 is 3.55. The normalized spacial score (nSPS) is 16.9. The summed E-state index contributed by atoms with van der Waals surface area (Å²) in [5.74, 6) is 1.21. The van der Waals surface area contributed by atoms with Gasteiger partial charge in [-0.1, -0.05) is 0 Å². The Bertz CT molecular complexity index is 1450. The summed E-state index contributed by atoms with van der Waals surface area (Å²) in [5.41, 5.74) is 14.7. The molecule has 0 N–H and O–H groups in total. The molecular formula is C41H60Cl2Zr. The van der Waals surface area contributed by atoms with E-state index in [4.69, 9.17) is 0 Å². The minimum Gasteiger partial charge on any atom is -1.00 e. The first-order chi connectivity index (χ1) is 18.8. The van der Waals surface area contributed by atoms with Crippen LogP contribution in [0.2, 0.25) is 0 Å². The van der Waals surface area contributed by atoms with E-state index in [1.165, 1.54) is 22.3 Å². The minimum atomic E-state index is -1.10. The fourth-order valence-electron chi connectivity index (χ4n) is 7.01. The first kappa shape index (κ1) is 39.6. The molecule has 0 saturated heterocycles. The van der Waals surface area contributed by atoms with Crippen LogP contribution < -0.4 is 28.1 Å². The molecule has 1 atom stereocenters. The molecule has 0 aromatic heterocycles. The standard InChI is InChI=1S/C29H41.C12H19.2ClH.Zr/c1-26(2,3)22-14-18-13-19-15-23(27(4,5)6)25(29(10,11)12)17-21(19)20(18)16-24(22)28(7,8)9;1-9(2)10-6-7-11(8-10)12(3,4)5;;;/h14,16-17H,13H2,1-12H3;7-10H,1-5H3;2*1H;/q;;;;+2/p-2. The van der Waals surface area contributed by atoms with Gasteiger partial charge in [-0.15, -0.1) is 0 Å². The number of fused-ring (bicyclic) bond motifs is 3. The molecule has 0 nitrogen and oxygen atoms in total. The molecule has 0 bridgehead atoms. The molecule has 0 heterocycles. The molecule has 0 saturated carbocycles. The predicted octanol–water partition coefficient (Wildman–Crippen LogP) is 5.31. The van der Waals surface area contributed by atoms with Gasteiger partial charge in [0.2, 0.25) is 0 Å². The molecule has 44 heavy (non-hydrogen) atoms. The molecule has 0 spiro atoms. The summed E-state index contributed by atoms with van der Waals surface area (Å²) in [6, 6.07) is 7.84. The van der Waals surface area contributed by atoms with Crippen LogP contribution in [0.5, 0.6) is 0 Å². The van der Waals surface area contributed by atoms with Gasteiger partial charge in [0.25, 0.3) is 0 Å². The minimum absolute atomic E-state index is 0. The van der Waals surface area contributed by atoms with E-state index in [1.54, 1.807) is 34.4 Å². The van der Waals surface area contributed by atoms with Crippen molar-refractivity contribution in [2.24, 2.45) is 17.3 Å². The number of hydrogen-bond donors (Lipinski definition) is 0. The Morgan fingerprint density at radius 2 is 1.09 bits per heavy atom. The summed E-state index contributed by atoms with van der Waals surface area (Å²) in [7, 11) is 0. The Morgan fingerprint density at radius 3 is 1.52 bits per heavy atom. The molecule has 4 rings (SSSR count). The predicted molar refractivity (Wildman–Crippen MR) is 183 cm³/mol. The average molecular weight is 715 g/mol. The summed E-state index contributed by atoms with van der Waals surface area (Å²) in [6.07, 6.45) is 6.36. The quantitative estimate of drug-likeness (QED) is 0.346. The summed E-state index contributed by atoms with van der Waals surface area (Å²) >= 11 is -1.10.